The SMILES string of the molecule is CS(=O)(=O)c1cc([N+](=O)[O-])c(N2CCC(Oc3ccc(C(F)(F)F)cn3)C2)s1. The van der Waals surface area contributed by atoms with Gasteiger partial charge in [-0.2, -0.15) is 13.2 Å². The zero-order valence-electron chi connectivity index (χ0n) is 14.3. The summed E-state index contributed by atoms with van der Waals surface area (Å²) >= 11 is 0.805. The van der Waals surface area contributed by atoms with Gasteiger partial charge in [0.15, 0.2) is 14.8 Å². The lowest BCUT2D eigenvalue weighted by Crippen LogP contribution is -2.24. The molecule has 0 saturated carbocycles. The molecule has 0 amide bonds. The van der Waals surface area contributed by atoms with Crippen molar-refractivity contribution in [3.05, 3.63) is 40.1 Å². The van der Waals surface area contributed by atoms with E-state index in [2.05, 4.69) is 4.98 Å². The molecule has 0 aliphatic carbocycles. The number of thiophene rings is 1. The van der Waals surface area contributed by atoms with Crippen molar-refractivity contribution in [1.29, 1.82) is 0 Å². The predicted octanol–water partition coefficient (Wildman–Crippen LogP) is 3.13. The summed E-state index contributed by atoms with van der Waals surface area (Å²) in [6, 6.07) is 3.00. The van der Waals surface area contributed by atoms with E-state index in [0.717, 1.165) is 35.8 Å². The predicted molar refractivity (Wildman–Crippen MR) is 94.6 cm³/mol. The zero-order valence-corrected chi connectivity index (χ0v) is 16.0. The smallest absolute Gasteiger partial charge is 0.417 e. The number of alkyl halides is 3. The summed E-state index contributed by atoms with van der Waals surface area (Å²) in [4.78, 5) is 15.9. The van der Waals surface area contributed by atoms with Gasteiger partial charge in [0.1, 0.15) is 10.3 Å². The van der Waals surface area contributed by atoms with E-state index in [9.17, 15) is 31.7 Å². The van der Waals surface area contributed by atoms with Crippen molar-refractivity contribution in [3.8, 4) is 5.88 Å². The Bertz CT molecular complexity index is 989. The molecule has 1 atom stereocenters. The number of anilines is 1. The van der Waals surface area contributed by atoms with Gasteiger partial charge in [-0.3, -0.25) is 10.1 Å². The number of nitro groups is 1. The molecule has 0 spiro atoms. The number of ether oxygens (including phenoxy) is 1. The van der Waals surface area contributed by atoms with Crippen LogP contribution in [-0.4, -0.2) is 43.8 Å². The third kappa shape index (κ3) is 4.35. The quantitative estimate of drug-likeness (QED) is 0.523. The molecule has 1 aliphatic rings. The van der Waals surface area contributed by atoms with E-state index in [1.807, 2.05) is 0 Å². The lowest BCUT2D eigenvalue weighted by Gasteiger charge is -2.16. The van der Waals surface area contributed by atoms with Crippen LogP contribution in [-0.2, 0) is 16.0 Å². The van der Waals surface area contributed by atoms with Crippen molar-refractivity contribution in [2.75, 3.05) is 24.2 Å². The monoisotopic (exact) mass is 437 g/mol. The lowest BCUT2D eigenvalue weighted by molar-refractivity contribution is -0.383. The maximum Gasteiger partial charge on any atom is 0.417 e. The van der Waals surface area contributed by atoms with Crippen LogP contribution in [0.2, 0.25) is 0 Å². The van der Waals surface area contributed by atoms with Crippen LogP contribution in [0.3, 0.4) is 0 Å². The van der Waals surface area contributed by atoms with E-state index in [1.54, 1.807) is 4.90 Å². The molecule has 2 aromatic heterocycles. The third-order valence-electron chi connectivity index (χ3n) is 4.02. The number of sulfone groups is 1. The second kappa shape index (κ2) is 7.20. The van der Waals surface area contributed by atoms with Crippen molar-refractivity contribution >= 4 is 31.9 Å². The Morgan fingerprint density at radius 1 is 1.39 bits per heavy atom. The molecule has 0 N–H and O–H groups in total. The topological polar surface area (TPSA) is 103 Å². The minimum atomic E-state index is -4.49. The van der Waals surface area contributed by atoms with Crippen molar-refractivity contribution in [1.82, 2.24) is 4.98 Å². The summed E-state index contributed by atoms with van der Waals surface area (Å²) in [7, 11) is -3.59. The molecule has 2 aromatic rings. The zero-order chi connectivity index (χ0) is 20.7. The van der Waals surface area contributed by atoms with Crippen molar-refractivity contribution < 1.29 is 31.2 Å². The van der Waals surface area contributed by atoms with Crippen LogP contribution in [0, 0.1) is 10.1 Å². The lowest BCUT2D eigenvalue weighted by atomic mass is 10.3. The second-order valence-electron chi connectivity index (χ2n) is 6.14. The molecule has 1 aliphatic heterocycles. The van der Waals surface area contributed by atoms with Crippen LogP contribution < -0.4 is 9.64 Å². The molecule has 13 heteroatoms. The van der Waals surface area contributed by atoms with E-state index in [0.29, 0.717) is 19.2 Å². The number of hydrogen-bond acceptors (Lipinski definition) is 8. The average Bonchev–Trinajstić information content (AvgIpc) is 3.20. The van der Waals surface area contributed by atoms with E-state index >= 15 is 0 Å². The maximum atomic E-state index is 12.6. The van der Waals surface area contributed by atoms with Gasteiger partial charge in [0, 0.05) is 37.6 Å². The Balaban J connectivity index is 1.74. The first-order valence-corrected chi connectivity index (χ1v) is 10.6. The molecular weight excluding hydrogens is 423 g/mol. The maximum absolute atomic E-state index is 12.6. The summed E-state index contributed by atoms with van der Waals surface area (Å²) < 4.78 is 66.6. The fraction of sp³-hybridized carbons (Fsp3) is 0.400. The number of pyridine rings is 1. The number of hydrogen-bond donors (Lipinski definition) is 0. The molecule has 1 unspecified atom stereocenters. The van der Waals surface area contributed by atoms with Crippen LogP contribution in [0.25, 0.3) is 0 Å². The Hall–Kier alpha value is -2.41. The van der Waals surface area contributed by atoms with Crippen LogP contribution in [0.5, 0.6) is 5.88 Å². The van der Waals surface area contributed by atoms with Gasteiger partial charge in [0.2, 0.25) is 5.88 Å². The van der Waals surface area contributed by atoms with Gasteiger partial charge in [-0.15, -0.1) is 0 Å². The molecule has 8 nitrogen and oxygen atoms in total. The molecule has 3 heterocycles. The van der Waals surface area contributed by atoms with Gasteiger partial charge >= 0.3 is 11.9 Å². The summed E-state index contributed by atoms with van der Waals surface area (Å²) in [5, 5.41) is 11.5. The molecule has 0 aromatic carbocycles. The van der Waals surface area contributed by atoms with Gasteiger partial charge in [-0.1, -0.05) is 11.3 Å². The third-order valence-corrected chi connectivity index (χ3v) is 7.00. The first-order chi connectivity index (χ1) is 12.9. The largest absolute Gasteiger partial charge is 0.472 e. The molecular formula is C15H14F3N3O5S2. The van der Waals surface area contributed by atoms with Crippen LogP contribution >= 0.6 is 11.3 Å². The fourth-order valence-corrected chi connectivity index (χ4v) is 4.75. The highest BCUT2D eigenvalue weighted by Crippen LogP contribution is 2.41. The Kier molecular flexibility index (Phi) is 5.23. The standard InChI is InChI=1S/C15H14F3N3O5S2/c1-28(24,25)13-6-11(21(22)23)14(27-13)20-5-4-10(8-20)26-12-3-2-9(7-19-12)15(16,17)18/h2-3,6-7,10H,4-5,8H2,1H3. The minimum Gasteiger partial charge on any atom is -0.472 e. The molecule has 3 rings (SSSR count). The van der Waals surface area contributed by atoms with Crippen molar-refractivity contribution in [2.24, 2.45) is 0 Å². The van der Waals surface area contributed by atoms with Gasteiger partial charge in [-0.05, 0) is 6.07 Å². The van der Waals surface area contributed by atoms with Crippen molar-refractivity contribution in [2.45, 2.75) is 22.9 Å². The molecule has 1 fully saturated rings. The van der Waals surface area contributed by atoms with Crippen LogP contribution in [0.1, 0.15) is 12.0 Å². The molecule has 1 saturated heterocycles. The van der Waals surface area contributed by atoms with Crippen LogP contribution in [0.15, 0.2) is 28.6 Å². The number of halogens is 3. The first-order valence-electron chi connectivity index (χ1n) is 7.88. The highest BCUT2D eigenvalue weighted by molar-refractivity contribution is 7.92. The highest BCUT2D eigenvalue weighted by atomic mass is 32.2. The number of aromatic nitrogens is 1. The van der Waals surface area contributed by atoms with E-state index in [1.165, 1.54) is 0 Å². The van der Waals surface area contributed by atoms with Gasteiger partial charge < -0.3 is 9.64 Å². The van der Waals surface area contributed by atoms with Crippen LogP contribution in [0.4, 0.5) is 23.9 Å². The van der Waals surface area contributed by atoms with E-state index < -0.39 is 32.6 Å². The minimum absolute atomic E-state index is 0.0114. The number of nitrogens with zero attached hydrogens (tertiary/aromatic N) is 3. The van der Waals surface area contributed by atoms with Gasteiger partial charge in [0.05, 0.1) is 17.0 Å². The summed E-state index contributed by atoms with van der Waals surface area (Å²) in [5.41, 5.74) is -1.20. The Morgan fingerprint density at radius 3 is 2.64 bits per heavy atom. The second-order valence-corrected chi connectivity index (χ2v) is 9.42. The van der Waals surface area contributed by atoms with Crippen molar-refractivity contribution in [3.63, 3.8) is 0 Å². The van der Waals surface area contributed by atoms with E-state index in [4.69, 9.17) is 4.74 Å². The Morgan fingerprint density at radius 2 is 2.11 bits per heavy atom. The van der Waals surface area contributed by atoms with Gasteiger partial charge in [-0.25, -0.2) is 13.4 Å². The molecule has 28 heavy (non-hydrogen) atoms. The molecule has 0 radical (unpaired) electrons. The summed E-state index contributed by atoms with van der Waals surface area (Å²) in [6.07, 6.45) is -2.85. The highest BCUT2D eigenvalue weighted by Gasteiger charge is 2.34. The fourth-order valence-electron chi connectivity index (χ4n) is 2.69. The van der Waals surface area contributed by atoms with E-state index in [-0.39, 0.29) is 27.3 Å². The molecule has 152 valence electrons. The Labute approximate surface area is 161 Å². The normalized spacial score (nSPS) is 17.7. The number of rotatable bonds is 5. The van der Waals surface area contributed by atoms with Gasteiger partial charge in [0.25, 0.3) is 0 Å². The average molecular weight is 437 g/mol. The summed E-state index contributed by atoms with van der Waals surface area (Å²) in [5.74, 6) is 0.0114. The summed E-state index contributed by atoms with van der Waals surface area (Å²) in [6.45, 7) is 0.586. The molecule has 0 bridgehead atoms. The first kappa shape index (κ1) is 20.3.